The van der Waals surface area contributed by atoms with Gasteiger partial charge in [-0.3, -0.25) is 4.98 Å². The minimum absolute atomic E-state index is 0.577. The Morgan fingerprint density at radius 1 is 0.560 bits per heavy atom. The molecule has 2 heterocycles. The highest BCUT2D eigenvalue weighted by atomic mass is 15.0. The minimum atomic E-state index is 0.577. The maximum absolute atomic E-state index is 4.67. The van der Waals surface area contributed by atoms with Gasteiger partial charge in [0.2, 0.25) is 0 Å². The number of hydrogen-bond donors (Lipinski definition) is 0. The molecule has 2 aromatic carbocycles. The summed E-state index contributed by atoms with van der Waals surface area (Å²) in [4.78, 5) is 18.4. The molecule has 0 spiro atoms. The third kappa shape index (κ3) is 3.28. The van der Waals surface area contributed by atoms with Gasteiger partial charge in [-0.25, -0.2) is 15.0 Å². The molecule has 0 amide bonds. The highest BCUT2D eigenvalue weighted by Crippen LogP contribution is 2.23. The number of aryl methyl sites for hydroxylation is 1. The molecule has 2 aromatic heterocycles. The lowest BCUT2D eigenvalue weighted by Gasteiger charge is -2.07. The van der Waals surface area contributed by atoms with E-state index in [2.05, 4.69) is 19.9 Å². The van der Waals surface area contributed by atoms with Gasteiger partial charge in [-0.05, 0) is 18.6 Å². The van der Waals surface area contributed by atoms with Crippen LogP contribution in [0.1, 0.15) is 5.56 Å². The third-order valence-electron chi connectivity index (χ3n) is 3.84. The molecule has 25 heavy (non-hydrogen) atoms. The summed E-state index contributed by atoms with van der Waals surface area (Å²) in [6, 6.07) is 23.8. The molecule has 0 aliphatic carbocycles. The van der Waals surface area contributed by atoms with E-state index in [1.54, 1.807) is 0 Å². The van der Waals surface area contributed by atoms with Gasteiger partial charge in [0.15, 0.2) is 17.5 Å². The molecule has 4 rings (SSSR count). The number of rotatable bonds is 3. The largest absolute Gasteiger partial charge is 0.253 e. The summed E-state index contributed by atoms with van der Waals surface area (Å²) in [6.45, 7) is 2.01. The van der Waals surface area contributed by atoms with Gasteiger partial charge >= 0.3 is 0 Å². The molecular formula is C21H16N4. The highest BCUT2D eigenvalue weighted by molar-refractivity contribution is 5.64. The first-order valence-electron chi connectivity index (χ1n) is 8.09. The van der Waals surface area contributed by atoms with E-state index in [0.717, 1.165) is 22.4 Å². The molecule has 0 unspecified atom stereocenters. The Morgan fingerprint density at radius 3 is 1.56 bits per heavy atom. The molecule has 0 saturated carbocycles. The number of pyridine rings is 1. The summed E-state index contributed by atoms with van der Waals surface area (Å²) in [7, 11) is 0. The predicted octanol–water partition coefficient (Wildman–Crippen LogP) is 4.58. The minimum Gasteiger partial charge on any atom is -0.253 e. The Kier molecular flexibility index (Phi) is 4.01. The summed E-state index contributed by atoms with van der Waals surface area (Å²) >= 11 is 0. The zero-order valence-electron chi connectivity index (χ0n) is 13.8. The molecule has 0 N–H and O–H groups in total. The maximum atomic E-state index is 4.67. The molecule has 0 radical (unpaired) electrons. The lowest BCUT2D eigenvalue weighted by molar-refractivity contribution is 1.06. The van der Waals surface area contributed by atoms with Crippen molar-refractivity contribution < 1.29 is 0 Å². The summed E-state index contributed by atoms with van der Waals surface area (Å²) in [6.07, 6.45) is 1.82. The maximum Gasteiger partial charge on any atom is 0.182 e. The van der Waals surface area contributed by atoms with Crippen LogP contribution in [0.2, 0.25) is 0 Å². The van der Waals surface area contributed by atoms with Gasteiger partial charge in [0, 0.05) is 17.3 Å². The van der Waals surface area contributed by atoms with Gasteiger partial charge in [-0.2, -0.15) is 0 Å². The van der Waals surface area contributed by atoms with Gasteiger partial charge in [0.1, 0.15) is 5.69 Å². The Balaban J connectivity index is 1.90. The monoisotopic (exact) mass is 324 g/mol. The summed E-state index contributed by atoms with van der Waals surface area (Å²) < 4.78 is 0. The van der Waals surface area contributed by atoms with E-state index in [1.807, 2.05) is 85.9 Å². The molecule has 4 nitrogen and oxygen atoms in total. The van der Waals surface area contributed by atoms with Gasteiger partial charge in [0.05, 0.1) is 0 Å². The van der Waals surface area contributed by atoms with Gasteiger partial charge in [-0.15, -0.1) is 0 Å². The van der Waals surface area contributed by atoms with Gasteiger partial charge in [-0.1, -0.05) is 66.7 Å². The van der Waals surface area contributed by atoms with Crippen molar-refractivity contribution in [2.24, 2.45) is 0 Å². The summed E-state index contributed by atoms with van der Waals surface area (Å²) in [5, 5.41) is 0. The molecule has 4 aromatic rings. The highest BCUT2D eigenvalue weighted by Gasteiger charge is 2.12. The molecular weight excluding hydrogens is 308 g/mol. The normalized spacial score (nSPS) is 10.6. The van der Waals surface area contributed by atoms with E-state index in [0.29, 0.717) is 17.5 Å². The van der Waals surface area contributed by atoms with Crippen LogP contribution in [0.3, 0.4) is 0 Å². The van der Waals surface area contributed by atoms with Crippen LogP contribution in [0, 0.1) is 6.92 Å². The van der Waals surface area contributed by atoms with Crippen LogP contribution in [0.5, 0.6) is 0 Å². The molecule has 0 atom stereocenters. The molecule has 4 heteroatoms. The van der Waals surface area contributed by atoms with Crippen LogP contribution in [-0.2, 0) is 0 Å². The van der Waals surface area contributed by atoms with Crippen LogP contribution in [0.15, 0.2) is 79.0 Å². The van der Waals surface area contributed by atoms with Crippen molar-refractivity contribution in [3.8, 4) is 34.3 Å². The lowest BCUT2D eigenvalue weighted by atomic mass is 10.2. The fraction of sp³-hybridized carbons (Fsp3) is 0.0476. The molecule has 0 aliphatic heterocycles. The number of nitrogens with zero attached hydrogens (tertiary/aromatic N) is 4. The van der Waals surface area contributed by atoms with Crippen molar-refractivity contribution in [1.82, 2.24) is 19.9 Å². The van der Waals surface area contributed by atoms with E-state index >= 15 is 0 Å². The molecule has 120 valence electrons. The summed E-state index contributed by atoms with van der Waals surface area (Å²) in [5.74, 6) is 1.87. The number of hydrogen-bond acceptors (Lipinski definition) is 4. The van der Waals surface area contributed by atoms with E-state index in [-0.39, 0.29) is 0 Å². The third-order valence-corrected chi connectivity index (χ3v) is 3.84. The van der Waals surface area contributed by atoms with Crippen LogP contribution >= 0.6 is 0 Å². The van der Waals surface area contributed by atoms with E-state index in [4.69, 9.17) is 0 Å². The second kappa shape index (κ2) is 6.61. The molecule has 0 bridgehead atoms. The number of benzene rings is 2. The smallest absolute Gasteiger partial charge is 0.182 e. The van der Waals surface area contributed by atoms with E-state index in [9.17, 15) is 0 Å². The van der Waals surface area contributed by atoms with Crippen molar-refractivity contribution in [3.05, 3.63) is 84.6 Å². The first-order chi connectivity index (χ1) is 12.3. The van der Waals surface area contributed by atoms with Crippen LogP contribution in [0.25, 0.3) is 34.3 Å². The molecule has 0 fully saturated rings. The molecule has 0 saturated heterocycles. The zero-order chi connectivity index (χ0) is 17.1. The van der Waals surface area contributed by atoms with Crippen molar-refractivity contribution in [1.29, 1.82) is 0 Å². The first-order valence-corrected chi connectivity index (χ1v) is 8.09. The summed E-state index contributed by atoms with van der Waals surface area (Å²) in [5.41, 5.74) is 3.75. The first kappa shape index (κ1) is 15.1. The van der Waals surface area contributed by atoms with E-state index < -0.39 is 0 Å². The quantitative estimate of drug-likeness (QED) is 0.553. The van der Waals surface area contributed by atoms with Crippen molar-refractivity contribution in [2.45, 2.75) is 6.92 Å². The van der Waals surface area contributed by atoms with Crippen molar-refractivity contribution in [3.63, 3.8) is 0 Å². The average Bonchev–Trinajstić information content (AvgIpc) is 2.69. The standard InChI is InChI=1S/C21H16N4/c1-15-12-13-18(22-14-15)21-24-19(16-8-4-2-5-9-16)23-20(25-21)17-10-6-3-7-11-17/h2-14H,1H3. The Labute approximate surface area is 146 Å². The lowest BCUT2D eigenvalue weighted by Crippen LogP contribution is -2.01. The zero-order valence-corrected chi connectivity index (χ0v) is 13.8. The predicted molar refractivity (Wildman–Crippen MR) is 98.7 cm³/mol. The topological polar surface area (TPSA) is 51.6 Å². The van der Waals surface area contributed by atoms with Gasteiger partial charge < -0.3 is 0 Å². The fourth-order valence-electron chi connectivity index (χ4n) is 2.52. The van der Waals surface area contributed by atoms with Crippen LogP contribution in [-0.4, -0.2) is 19.9 Å². The fourth-order valence-corrected chi connectivity index (χ4v) is 2.52. The Bertz CT molecular complexity index is 924. The van der Waals surface area contributed by atoms with Crippen molar-refractivity contribution >= 4 is 0 Å². The molecule has 0 aliphatic rings. The SMILES string of the molecule is Cc1ccc(-c2nc(-c3ccccc3)nc(-c3ccccc3)n2)nc1. The van der Waals surface area contributed by atoms with Crippen LogP contribution < -0.4 is 0 Å². The Morgan fingerprint density at radius 2 is 1.08 bits per heavy atom. The van der Waals surface area contributed by atoms with E-state index in [1.165, 1.54) is 0 Å². The van der Waals surface area contributed by atoms with Crippen molar-refractivity contribution in [2.75, 3.05) is 0 Å². The second-order valence-corrected chi connectivity index (χ2v) is 5.76. The Hall–Kier alpha value is -3.40. The average molecular weight is 324 g/mol. The number of aromatic nitrogens is 4. The van der Waals surface area contributed by atoms with Crippen LogP contribution in [0.4, 0.5) is 0 Å². The second-order valence-electron chi connectivity index (χ2n) is 5.76. The van der Waals surface area contributed by atoms with Gasteiger partial charge in [0.25, 0.3) is 0 Å².